The van der Waals surface area contributed by atoms with Gasteiger partial charge in [-0.25, -0.2) is 4.79 Å². The minimum absolute atomic E-state index is 0.144. The highest BCUT2D eigenvalue weighted by atomic mass is 16.7. The Morgan fingerprint density at radius 1 is 0.579 bits per heavy atom. The predicted octanol–water partition coefficient (Wildman–Crippen LogP) is 9.17. The smallest absolute Gasteiger partial charge is 0.338 e. The molecule has 300 valence electrons. The van der Waals surface area contributed by atoms with E-state index in [1.807, 2.05) is 161 Å². The zero-order chi connectivity index (χ0) is 40.0. The lowest BCUT2D eigenvalue weighted by atomic mass is 9.97. The van der Waals surface area contributed by atoms with E-state index in [9.17, 15) is 4.79 Å². The molecule has 6 rings (SSSR count). The van der Waals surface area contributed by atoms with Crippen LogP contribution < -0.4 is 4.74 Å². The largest absolute Gasteiger partial charge is 0.497 e. The number of esters is 1. The molecule has 0 aromatic heterocycles. The first-order chi connectivity index (χ1) is 27.6. The van der Waals surface area contributed by atoms with Crippen molar-refractivity contribution in [2.75, 3.05) is 13.7 Å². The van der Waals surface area contributed by atoms with E-state index in [1.54, 1.807) is 7.11 Å². The van der Waals surface area contributed by atoms with E-state index < -0.39 is 36.3 Å². The third-order valence-electron chi connectivity index (χ3n) is 9.49. The first-order valence-electron chi connectivity index (χ1n) is 19.4. The van der Waals surface area contributed by atoms with Crippen molar-refractivity contribution in [3.8, 4) is 5.75 Å². The van der Waals surface area contributed by atoms with Gasteiger partial charge >= 0.3 is 5.97 Å². The Kier molecular flexibility index (Phi) is 15.0. The van der Waals surface area contributed by atoms with Crippen LogP contribution in [0.4, 0.5) is 0 Å². The number of aryl methyl sites for hydroxylation is 1. The van der Waals surface area contributed by atoms with Crippen molar-refractivity contribution in [2.24, 2.45) is 0 Å². The molecule has 5 atom stereocenters. The maximum atomic E-state index is 13.1. The summed E-state index contributed by atoms with van der Waals surface area (Å²) in [5.41, 5.74) is 5.50. The third kappa shape index (κ3) is 12.6. The van der Waals surface area contributed by atoms with Crippen molar-refractivity contribution < 1.29 is 42.7 Å². The normalized spacial score (nSPS) is 19.6. The van der Waals surface area contributed by atoms with E-state index in [0.717, 1.165) is 39.1 Å². The van der Waals surface area contributed by atoms with Gasteiger partial charge in [0.2, 0.25) is 0 Å². The van der Waals surface area contributed by atoms with Crippen molar-refractivity contribution in [2.45, 2.75) is 97.0 Å². The Morgan fingerprint density at radius 3 is 1.61 bits per heavy atom. The minimum atomic E-state index is -0.831. The molecule has 0 radical (unpaired) electrons. The molecule has 1 aliphatic rings. The van der Waals surface area contributed by atoms with Crippen LogP contribution in [-0.4, -0.2) is 56.0 Å². The molecule has 0 N–H and O–H groups in total. The van der Waals surface area contributed by atoms with Crippen LogP contribution in [0, 0.1) is 6.92 Å². The molecule has 9 heteroatoms. The standard InChI is InChI=1S/C48H54O9/c1-34-21-22-39(27-41(34)46(49)57-48(2,3)4)28-51-33-42-43(52-31-38-23-25-40(50-5)26-24-38)44(53-29-35-15-9-6-10-16-35)45(54-30-36-17-11-7-12-18-36)47(56-42)55-32-37-19-13-8-14-20-37/h6-27,42-45,47H,28-33H2,1-5H3/t42-,43-,44+,45-,47+/m1/s1. The summed E-state index contributed by atoms with van der Waals surface area (Å²) >= 11 is 0. The second-order valence-corrected chi connectivity index (χ2v) is 15.2. The number of methoxy groups -OCH3 is 1. The van der Waals surface area contributed by atoms with Gasteiger partial charge < -0.3 is 37.9 Å². The monoisotopic (exact) mass is 774 g/mol. The third-order valence-corrected chi connectivity index (χ3v) is 9.49. The van der Waals surface area contributed by atoms with Crippen molar-refractivity contribution in [1.29, 1.82) is 0 Å². The molecule has 1 saturated heterocycles. The Bertz CT molecular complexity index is 1950. The van der Waals surface area contributed by atoms with Crippen LogP contribution in [0.15, 0.2) is 133 Å². The lowest BCUT2D eigenvalue weighted by Gasteiger charge is -2.46. The summed E-state index contributed by atoms with van der Waals surface area (Å²) in [6.45, 7) is 9.03. The van der Waals surface area contributed by atoms with Gasteiger partial charge in [0.05, 0.1) is 52.3 Å². The summed E-state index contributed by atoms with van der Waals surface area (Å²) < 4.78 is 51.3. The molecule has 0 spiro atoms. The van der Waals surface area contributed by atoms with Crippen LogP contribution in [0.5, 0.6) is 5.75 Å². The number of hydrogen-bond donors (Lipinski definition) is 0. The second-order valence-electron chi connectivity index (χ2n) is 15.2. The molecule has 0 unspecified atom stereocenters. The van der Waals surface area contributed by atoms with Gasteiger partial charge in [-0.05, 0) is 79.3 Å². The summed E-state index contributed by atoms with van der Waals surface area (Å²) in [6, 6.07) is 43.5. The fraction of sp³-hybridized carbons (Fsp3) is 0.354. The van der Waals surface area contributed by atoms with Crippen molar-refractivity contribution in [3.05, 3.63) is 172 Å². The summed E-state index contributed by atoms with van der Waals surface area (Å²) in [6.07, 6.45) is -3.40. The topological polar surface area (TPSA) is 90.9 Å². The first kappa shape index (κ1) is 41.8. The maximum absolute atomic E-state index is 13.1. The van der Waals surface area contributed by atoms with Crippen LogP contribution in [0.1, 0.15) is 64.5 Å². The maximum Gasteiger partial charge on any atom is 0.338 e. The van der Waals surface area contributed by atoms with E-state index in [2.05, 4.69) is 0 Å². The quantitative estimate of drug-likeness (QED) is 0.0809. The van der Waals surface area contributed by atoms with Crippen LogP contribution in [0.25, 0.3) is 0 Å². The van der Waals surface area contributed by atoms with Gasteiger partial charge in [-0.15, -0.1) is 0 Å². The predicted molar refractivity (Wildman–Crippen MR) is 218 cm³/mol. The van der Waals surface area contributed by atoms with E-state index in [0.29, 0.717) is 25.4 Å². The average molecular weight is 775 g/mol. The number of benzene rings is 5. The lowest BCUT2D eigenvalue weighted by molar-refractivity contribution is -0.330. The number of carbonyl (C=O) groups is 1. The molecule has 1 heterocycles. The number of ether oxygens (including phenoxy) is 8. The molecule has 5 aromatic rings. The average Bonchev–Trinajstić information content (AvgIpc) is 3.22. The SMILES string of the molecule is COc1ccc(CO[C@H]2[C@H](OCc3ccccc3)[C@@H](OCc3ccccc3)[C@@H](OCc3ccccc3)O[C@@H]2COCc2ccc(C)c(C(=O)OC(C)(C)C)c2)cc1. The fourth-order valence-corrected chi connectivity index (χ4v) is 6.52. The molecular formula is C48H54O9. The number of rotatable bonds is 18. The van der Waals surface area contributed by atoms with E-state index in [1.165, 1.54) is 0 Å². The van der Waals surface area contributed by atoms with Crippen LogP contribution in [0.3, 0.4) is 0 Å². The summed E-state index contributed by atoms with van der Waals surface area (Å²) in [4.78, 5) is 13.1. The Hall–Kier alpha value is -4.87. The summed E-state index contributed by atoms with van der Waals surface area (Å²) in [7, 11) is 1.64. The van der Waals surface area contributed by atoms with Gasteiger partial charge in [-0.3, -0.25) is 0 Å². The molecular weight excluding hydrogens is 721 g/mol. The van der Waals surface area contributed by atoms with Gasteiger partial charge in [0.25, 0.3) is 0 Å². The second kappa shape index (κ2) is 20.5. The highest BCUT2D eigenvalue weighted by Gasteiger charge is 2.49. The molecule has 57 heavy (non-hydrogen) atoms. The number of carbonyl (C=O) groups excluding carboxylic acids is 1. The molecule has 9 nitrogen and oxygen atoms in total. The Balaban J connectivity index is 1.29. The van der Waals surface area contributed by atoms with Gasteiger partial charge in [0, 0.05) is 0 Å². The molecule has 5 aromatic carbocycles. The van der Waals surface area contributed by atoms with Crippen LogP contribution in [0.2, 0.25) is 0 Å². The Labute approximate surface area is 336 Å². The van der Waals surface area contributed by atoms with Crippen LogP contribution >= 0.6 is 0 Å². The fourth-order valence-electron chi connectivity index (χ4n) is 6.52. The molecule has 0 aliphatic carbocycles. The first-order valence-corrected chi connectivity index (χ1v) is 19.4. The van der Waals surface area contributed by atoms with E-state index in [-0.39, 0.29) is 25.8 Å². The van der Waals surface area contributed by atoms with Gasteiger partial charge in [0.1, 0.15) is 35.8 Å². The van der Waals surface area contributed by atoms with E-state index in [4.69, 9.17) is 37.9 Å². The highest BCUT2D eigenvalue weighted by molar-refractivity contribution is 5.91. The molecule has 0 amide bonds. The zero-order valence-electron chi connectivity index (χ0n) is 33.5. The molecule has 0 bridgehead atoms. The van der Waals surface area contributed by atoms with Gasteiger partial charge in [0.15, 0.2) is 6.29 Å². The Morgan fingerprint density at radius 2 is 1.07 bits per heavy atom. The van der Waals surface area contributed by atoms with Gasteiger partial charge in [-0.2, -0.15) is 0 Å². The number of hydrogen-bond acceptors (Lipinski definition) is 9. The van der Waals surface area contributed by atoms with Crippen molar-refractivity contribution >= 4 is 5.97 Å². The molecule has 0 saturated carbocycles. The highest BCUT2D eigenvalue weighted by Crippen LogP contribution is 2.32. The van der Waals surface area contributed by atoms with Gasteiger partial charge in [-0.1, -0.05) is 115 Å². The molecule has 1 fully saturated rings. The van der Waals surface area contributed by atoms with Crippen LogP contribution in [-0.2, 0) is 66.2 Å². The molecule has 1 aliphatic heterocycles. The zero-order valence-corrected chi connectivity index (χ0v) is 33.5. The van der Waals surface area contributed by atoms with Crippen molar-refractivity contribution in [1.82, 2.24) is 0 Å². The summed E-state index contributed by atoms with van der Waals surface area (Å²) in [5.74, 6) is 0.386. The lowest BCUT2D eigenvalue weighted by Crippen LogP contribution is -2.61. The van der Waals surface area contributed by atoms with Crippen molar-refractivity contribution in [3.63, 3.8) is 0 Å². The minimum Gasteiger partial charge on any atom is -0.497 e. The summed E-state index contributed by atoms with van der Waals surface area (Å²) in [5, 5.41) is 0. The van der Waals surface area contributed by atoms with E-state index >= 15 is 0 Å².